The first-order chi connectivity index (χ1) is 16.1. The van der Waals surface area contributed by atoms with Crippen molar-refractivity contribution in [2.45, 2.75) is 64.7 Å². The molecule has 0 amide bonds. The summed E-state index contributed by atoms with van der Waals surface area (Å²) in [5.41, 5.74) is 1.01. The van der Waals surface area contributed by atoms with Gasteiger partial charge in [-0.1, -0.05) is 107 Å². The Bertz CT molecular complexity index is 946. The van der Waals surface area contributed by atoms with Gasteiger partial charge in [-0.2, -0.15) is 4.57 Å². The predicted octanol–water partition coefficient (Wildman–Crippen LogP) is 9.19. The van der Waals surface area contributed by atoms with Crippen molar-refractivity contribution >= 4 is 7.82 Å². The van der Waals surface area contributed by atoms with Crippen LogP contribution in [0.1, 0.15) is 70.3 Å². The lowest BCUT2D eigenvalue weighted by atomic mass is 9.94. The molecule has 0 aliphatic carbocycles. The molecule has 0 radical (unpaired) electrons. The monoisotopic (exact) mass is 466 g/mol. The minimum absolute atomic E-state index is 0.272. The number of hydrogen-bond donors (Lipinski definition) is 0. The molecule has 0 bridgehead atoms. The molecule has 176 valence electrons. The number of para-hydroxylation sites is 3. The molecule has 3 aromatic rings. The second kappa shape index (κ2) is 13.1. The van der Waals surface area contributed by atoms with Gasteiger partial charge in [0.25, 0.3) is 0 Å². The molecule has 4 nitrogen and oxygen atoms in total. The summed E-state index contributed by atoms with van der Waals surface area (Å²) in [6, 6.07) is 25.7. The van der Waals surface area contributed by atoms with Gasteiger partial charge in [0.05, 0.1) is 0 Å². The maximum absolute atomic E-state index is 13.8. The lowest BCUT2D eigenvalue weighted by Crippen LogP contribution is -2.09. The van der Waals surface area contributed by atoms with Crippen LogP contribution in [0.4, 0.5) is 0 Å². The first kappa shape index (κ1) is 24.9. The number of rotatable bonds is 14. The minimum atomic E-state index is -4.00. The van der Waals surface area contributed by atoms with Crippen LogP contribution < -0.4 is 13.6 Å². The fourth-order valence-corrected chi connectivity index (χ4v) is 5.03. The zero-order valence-electron chi connectivity index (χ0n) is 19.7. The first-order valence-corrected chi connectivity index (χ1v) is 13.4. The predicted molar refractivity (Wildman–Crippen MR) is 135 cm³/mol. The van der Waals surface area contributed by atoms with Gasteiger partial charge in [0.2, 0.25) is 0 Å². The van der Waals surface area contributed by atoms with E-state index in [1.54, 1.807) is 24.3 Å². The Labute approximate surface area is 198 Å². The third-order valence-electron chi connectivity index (χ3n) is 5.57. The van der Waals surface area contributed by atoms with E-state index in [9.17, 15) is 4.57 Å². The quantitative estimate of drug-likeness (QED) is 0.175. The molecule has 3 rings (SSSR count). The van der Waals surface area contributed by atoms with Crippen molar-refractivity contribution in [3.05, 3.63) is 90.5 Å². The highest BCUT2D eigenvalue weighted by Crippen LogP contribution is 2.51. The van der Waals surface area contributed by atoms with Crippen molar-refractivity contribution in [2.24, 2.45) is 0 Å². The Morgan fingerprint density at radius 3 is 1.79 bits per heavy atom. The highest BCUT2D eigenvalue weighted by Gasteiger charge is 2.34. The molecule has 0 heterocycles. The van der Waals surface area contributed by atoms with Crippen molar-refractivity contribution in [1.82, 2.24) is 0 Å². The Kier molecular flexibility index (Phi) is 9.90. The lowest BCUT2D eigenvalue weighted by Gasteiger charge is -2.22. The largest absolute Gasteiger partial charge is 0.647 e. The van der Waals surface area contributed by atoms with Gasteiger partial charge in [-0.25, -0.2) is 0 Å². The second-order valence-electron chi connectivity index (χ2n) is 8.34. The summed E-state index contributed by atoms with van der Waals surface area (Å²) in [7, 11) is -4.00. The molecule has 0 spiro atoms. The molecular weight excluding hydrogens is 431 g/mol. The van der Waals surface area contributed by atoms with Gasteiger partial charge in [0.15, 0.2) is 0 Å². The highest BCUT2D eigenvalue weighted by molar-refractivity contribution is 7.49. The van der Waals surface area contributed by atoms with Gasteiger partial charge < -0.3 is 13.6 Å². The van der Waals surface area contributed by atoms with E-state index >= 15 is 0 Å². The fourth-order valence-electron chi connectivity index (χ4n) is 3.75. The maximum atomic E-state index is 13.8. The third-order valence-corrected chi connectivity index (χ3v) is 6.86. The molecule has 0 aliphatic rings. The minimum Gasteiger partial charge on any atom is -0.386 e. The summed E-state index contributed by atoms with van der Waals surface area (Å²) in [6.45, 7) is 4.43. The fraction of sp³-hybridized carbons (Fsp3) is 0.357. The second-order valence-corrected chi connectivity index (χ2v) is 9.78. The van der Waals surface area contributed by atoms with E-state index < -0.39 is 7.82 Å². The average molecular weight is 467 g/mol. The first-order valence-electron chi connectivity index (χ1n) is 12.0. The van der Waals surface area contributed by atoms with Crippen molar-refractivity contribution in [3.63, 3.8) is 0 Å². The van der Waals surface area contributed by atoms with Gasteiger partial charge in [-0.15, -0.1) is 0 Å². The summed E-state index contributed by atoms with van der Waals surface area (Å²) < 4.78 is 31.4. The van der Waals surface area contributed by atoms with Crippen molar-refractivity contribution in [2.75, 3.05) is 0 Å². The van der Waals surface area contributed by atoms with Gasteiger partial charge in [-0.05, 0) is 48.2 Å². The topological polar surface area (TPSA) is 44.8 Å². The standard InChI is InChI=1S/C28H35O4P/c1-3-4-5-6-7-10-17-24(2)27-22-15-16-23-28(27)32-33(29,30-25-18-11-8-12-19-25)31-26-20-13-9-14-21-26/h8-9,11-16,18-24H,3-7,10,17H2,1-2H3. The van der Waals surface area contributed by atoms with E-state index in [1.165, 1.54) is 32.1 Å². The van der Waals surface area contributed by atoms with Crippen LogP contribution in [0.5, 0.6) is 17.2 Å². The molecule has 0 aromatic heterocycles. The summed E-state index contributed by atoms with van der Waals surface area (Å²) in [4.78, 5) is 0. The van der Waals surface area contributed by atoms with Crippen LogP contribution in [0.3, 0.4) is 0 Å². The van der Waals surface area contributed by atoms with Crippen molar-refractivity contribution < 1.29 is 18.1 Å². The molecule has 0 N–H and O–H groups in total. The maximum Gasteiger partial charge on any atom is 0.647 e. The molecule has 1 atom stereocenters. The summed E-state index contributed by atoms with van der Waals surface area (Å²) in [5, 5.41) is 0. The molecule has 0 saturated heterocycles. The molecule has 0 saturated carbocycles. The van der Waals surface area contributed by atoms with E-state index in [0.717, 1.165) is 18.4 Å². The molecule has 0 fully saturated rings. The molecule has 5 heteroatoms. The Hall–Kier alpha value is -2.71. The van der Waals surface area contributed by atoms with Crippen molar-refractivity contribution in [3.8, 4) is 17.2 Å². The molecule has 1 unspecified atom stereocenters. The van der Waals surface area contributed by atoms with Crippen LogP contribution in [0, 0.1) is 0 Å². The number of hydrogen-bond acceptors (Lipinski definition) is 4. The van der Waals surface area contributed by atoms with Crippen molar-refractivity contribution in [1.29, 1.82) is 0 Å². The van der Waals surface area contributed by atoms with Crippen LogP contribution in [-0.2, 0) is 4.57 Å². The number of unbranched alkanes of at least 4 members (excludes halogenated alkanes) is 5. The average Bonchev–Trinajstić information content (AvgIpc) is 2.82. The zero-order chi connectivity index (χ0) is 23.4. The van der Waals surface area contributed by atoms with E-state index in [-0.39, 0.29) is 5.92 Å². The van der Waals surface area contributed by atoms with E-state index in [4.69, 9.17) is 13.6 Å². The summed E-state index contributed by atoms with van der Waals surface area (Å²) in [5.74, 6) is 1.66. The van der Waals surface area contributed by atoms with Crippen LogP contribution in [0.25, 0.3) is 0 Å². The molecule has 3 aromatic carbocycles. The normalized spacial score (nSPS) is 12.2. The van der Waals surface area contributed by atoms with Gasteiger partial charge in [0, 0.05) is 0 Å². The Balaban J connectivity index is 1.75. The Morgan fingerprint density at radius 2 is 1.18 bits per heavy atom. The van der Waals surface area contributed by atoms with E-state index in [0.29, 0.717) is 17.2 Å². The van der Waals surface area contributed by atoms with E-state index in [2.05, 4.69) is 13.8 Å². The van der Waals surface area contributed by atoms with Gasteiger partial charge >= 0.3 is 7.82 Å². The third kappa shape index (κ3) is 8.29. The van der Waals surface area contributed by atoms with E-state index in [1.807, 2.05) is 60.7 Å². The smallest absolute Gasteiger partial charge is 0.386 e. The molecule has 0 aliphatic heterocycles. The SMILES string of the molecule is CCCCCCCCC(C)c1ccccc1OP(=O)(Oc1ccccc1)Oc1ccccc1. The van der Waals surface area contributed by atoms with Gasteiger partial charge in [-0.3, -0.25) is 0 Å². The van der Waals surface area contributed by atoms with Crippen LogP contribution in [-0.4, -0.2) is 0 Å². The molecular formula is C28H35O4P. The zero-order valence-corrected chi connectivity index (χ0v) is 20.6. The summed E-state index contributed by atoms with van der Waals surface area (Å²) >= 11 is 0. The van der Waals surface area contributed by atoms with Crippen LogP contribution in [0.2, 0.25) is 0 Å². The lowest BCUT2D eigenvalue weighted by molar-refractivity contribution is 0.296. The van der Waals surface area contributed by atoms with Gasteiger partial charge in [0.1, 0.15) is 17.2 Å². The highest BCUT2D eigenvalue weighted by atomic mass is 31.2. The number of benzene rings is 3. The summed E-state index contributed by atoms with van der Waals surface area (Å²) in [6.07, 6.45) is 8.61. The van der Waals surface area contributed by atoms with Crippen LogP contribution in [0.15, 0.2) is 84.9 Å². The van der Waals surface area contributed by atoms with Crippen LogP contribution >= 0.6 is 7.82 Å². The number of phosphoric acid groups is 1. The number of phosphoric ester groups is 1. The molecule has 33 heavy (non-hydrogen) atoms. The Morgan fingerprint density at radius 1 is 0.667 bits per heavy atom.